The summed E-state index contributed by atoms with van der Waals surface area (Å²) >= 11 is 0. The van der Waals surface area contributed by atoms with Crippen molar-refractivity contribution in [1.82, 2.24) is 25.5 Å². The molecule has 1 aromatic heterocycles. The number of nitrogens with zero attached hydrogens (tertiary/aromatic N) is 4. The normalized spacial score (nSPS) is 13.5. The predicted octanol–water partition coefficient (Wildman–Crippen LogP) is -1.16. The van der Waals surface area contributed by atoms with Gasteiger partial charge in [0.15, 0.2) is 5.82 Å². The van der Waals surface area contributed by atoms with Gasteiger partial charge in [-0.3, -0.25) is 14.4 Å². The van der Waals surface area contributed by atoms with Gasteiger partial charge in [-0.1, -0.05) is 6.92 Å². The van der Waals surface area contributed by atoms with Gasteiger partial charge in [0.05, 0.1) is 0 Å². The molecule has 0 bridgehead atoms. The molecule has 110 valence electrons. The third-order valence-corrected chi connectivity index (χ3v) is 2.62. The molecule has 1 rings (SSSR count). The summed E-state index contributed by atoms with van der Waals surface area (Å²) in [6.45, 7) is 2.63. The van der Waals surface area contributed by atoms with Crippen molar-refractivity contribution in [2.24, 2.45) is 0 Å². The number of carbonyl (C=O) groups is 3. The number of carboxylic acid groups (broad SMARTS) is 2. The molecular weight excluding hydrogens is 270 g/mol. The van der Waals surface area contributed by atoms with Crippen LogP contribution in [0.15, 0.2) is 0 Å². The van der Waals surface area contributed by atoms with Gasteiger partial charge in [-0.25, -0.2) is 4.68 Å². The second-order valence-corrected chi connectivity index (χ2v) is 4.12. The summed E-state index contributed by atoms with van der Waals surface area (Å²) in [5, 5.41) is 30.4. The fourth-order valence-electron chi connectivity index (χ4n) is 1.53. The Balaban J connectivity index is 2.79. The van der Waals surface area contributed by atoms with Crippen molar-refractivity contribution in [1.29, 1.82) is 0 Å². The van der Waals surface area contributed by atoms with Gasteiger partial charge in [-0.2, -0.15) is 0 Å². The van der Waals surface area contributed by atoms with E-state index >= 15 is 0 Å². The average molecular weight is 285 g/mol. The molecule has 0 aliphatic rings. The lowest BCUT2D eigenvalue weighted by atomic mass is 10.1. The number of amides is 1. The summed E-state index contributed by atoms with van der Waals surface area (Å²) < 4.78 is 1.05. The van der Waals surface area contributed by atoms with Crippen LogP contribution in [0.2, 0.25) is 0 Å². The summed E-state index contributed by atoms with van der Waals surface area (Å²) in [7, 11) is 0. The van der Waals surface area contributed by atoms with E-state index in [1.165, 1.54) is 6.92 Å². The van der Waals surface area contributed by atoms with Gasteiger partial charge in [-0.15, -0.1) is 5.10 Å². The largest absolute Gasteiger partial charge is 0.481 e. The Bertz CT molecular complexity index is 514. The number of nitrogens with one attached hydrogen (secondary N) is 1. The molecule has 0 aliphatic heterocycles. The number of carbonyl (C=O) groups excluding carboxylic acids is 1. The van der Waals surface area contributed by atoms with Crippen LogP contribution in [-0.2, 0) is 20.9 Å². The van der Waals surface area contributed by atoms with E-state index in [9.17, 15) is 14.4 Å². The smallest absolute Gasteiger partial charge is 0.325 e. The Morgan fingerprint density at radius 2 is 1.95 bits per heavy atom. The number of hydrogen-bond donors (Lipinski definition) is 3. The first-order chi connectivity index (χ1) is 9.36. The molecule has 1 unspecified atom stereocenters. The molecule has 1 aromatic rings. The third-order valence-electron chi connectivity index (χ3n) is 2.62. The van der Waals surface area contributed by atoms with Crippen LogP contribution in [0.5, 0.6) is 0 Å². The Kier molecular flexibility index (Phi) is 5.12. The highest BCUT2D eigenvalue weighted by Gasteiger charge is 2.25. The number of hydrogen-bond acceptors (Lipinski definition) is 6. The molecular formula is C10H15N5O5. The zero-order chi connectivity index (χ0) is 15.3. The minimum Gasteiger partial charge on any atom is -0.481 e. The molecule has 2 atom stereocenters. The van der Waals surface area contributed by atoms with Crippen LogP contribution in [-0.4, -0.2) is 54.3 Å². The van der Waals surface area contributed by atoms with Gasteiger partial charge in [0.1, 0.15) is 18.5 Å². The molecule has 0 aliphatic carbocycles. The summed E-state index contributed by atoms with van der Waals surface area (Å²) in [4.78, 5) is 33.3. The Labute approximate surface area is 113 Å². The van der Waals surface area contributed by atoms with Gasteiger partial charge in [0.2, 0.25) is 5.91 Å². The predicted molar refractivity (Wildman–Crippen MR) is 63.7 cm³/mol. The van der Waals surface area contributed by atoms with Gasteiger partial charge in [0, 0.05) is 0 Å². The molecule has 20 heavy (non-hydrogen) atoms. The molecule has 0 fully saturated rings. The monoisotopic (exact) mass is 285 g/mol. The SMILES string of the molecule is CCC(C(=O)O)c1nnnn1CC(=O)N[C@H](C)C(=O)O. The van der Waals surface area contributed by atoms with Crippen molar-refractivity contribution in [3.8, 4) is 0 Å². The molecule has 1 amide bonds. The van der Waals surface area contributed by atoms with E-state index in [1.54, 1.807) is 6.92 Å². The van der Waals surface area contributed by atoms with Crippen LogP contribution in [0.4, 0.5) is 0 Å². The fourth-order valence-corrected chi connectivity index (χ4v) is 1.53. The number of carboxylic acids is 2. The van der Waals surface area contributed by atoms with Crippen molar-refractivity contribution in [3.05, 3.63) is 5.82 Å². The van der Waals surface area contributed by atoms with Crippen LogP contribution in [0.25, 0.3) is 0 Å². The molecule has 0 saturated carbocycles. The Morgan fingerprint density at radius 1 is 1.30 bits per heavy atom. The van der Waals surface area contributed by atoms with Gasteiger partial charge in [-0.05, 0) is 23.8 Å². The molecule has 0 radical (unpaired) electrons. The van der Waals surface area contributed by atoms with Crippen molar-refractivity contribution < 1.29 is 24.6 Å². The minimum atomic E-state index is -1.17. The van der Waals surface area contributed by atoms with Crippen molar-refractivity contribution >= 4 is 17.8 Å². The first-order valence-electron chi connectivity index (χ1n) is 5.87. The fraction of sp³-hybridized carbons (Fsp3) is 0.600. The highest BCUT2D eigenvalue weighted by molar-refractivity contribution is 5.83. The van der Waals surface area contributed by atoms with E-state index in [0.717, 1.165) is 4.68 Å². The molecule has 0 saturated heterocycles. The Morgan fingerprint density at radius 3 is 2.45 bits per heavy atom. The van der Waals surface area contributed by atoms with Crippen LogP contribution < -0.4 is 5.32 Å². The molecule has 0 spiro atoms. The highest BCUT2D eigenvalue weighted by atomic mass is 16.4. The van der Waals surface area contributed by atoms with E-state index in [-0.39, 0.29) is 18.8 Å². The van der Waals surface area contributed by atoms with Gasteiger partial charge >= 0.3 is 11.9 Å². The second kappa shape index (κ2) is 6.59. The number of tetrazole rings is 1. The lowest BCUT2D eigenvalue weighted by Gasteiger charge is -2.11. The standard InChI is InChI=1S/C10H15N5O5/c1-3-6(10(19)20)8-12-13-14-15(8)4-7(16)11-5(2)9(17)18/h5-6H,3-4H2,1-2H3,(H,11,16)(H,17,18)(H,19,20)/t5-,6?/m1/s1. The van der Waals surface area contributed by atoms with Crippen molar-refractivity contribution in [3.63, 3.8) is 0 Å². The zero-order valence-corrected chi connectivity index (χ0v) is 11.0. The van der Waals surface area contributed by atoms with Gasteiger partial charge in [0.25, 0.3) is 0 Å². The summed E-state index contributed by atoms with van der Waals surface area (Å²) in [5.41, 5.74) is 0. The minimum absolute atomic E-state index is 0.0538. The second-order valence-electron chi connectivity index (χ2n) is 4.12. The van der Waals surface area contributed by atoms with E-state index in [2.05, 4.69) is 20.8 Å². The first kappa shape index (κ1) is 15.5. The number of rotatable bonds is 7. The van der Waals surface area contributed by atoms with Crippen LogP contribution in [0, 0.1) is 0 Å². The average Bonchev–Trinajstić information content (AvgIpc) is 2.77. The van der Waals surface area contributed by atoms with Crippen LogP contribution in [0.3, 0.4) is 0 Å². The lowest BCUT2D eigenvalue weighted by molar-refractivity contribution is -0.141. The van der Waals surface area contributed by atoms with E-state index in [0.29, 0.717) is 0 Å². The van der Waals surface area contributed by atoms with Crippen molar-refractivity contribution in [2.45, 2.75) is 38.8 Å². The molecule has 10 heteroatoms. The lowest BCUT2D eigenvalue weighted by Crippen LogP contribution is -2.40. The van der Waals surface area contributed by atoms with Crippen LogP contribution >= 0.6 is 0 Å². The highest BCUT2D eigenvalue weighted by Crippen LogP contribution is 2.16. The third kappa shape index (κ3) is 3.73. The summed E-state index contributed by atoms with van der Waals surface area (Å²) in [5.74, 6) is -3.75. The maximum absolute atomic E-state index is 11.6. The zero-order valence-electron chi connectivity index (χ0n) is 11.0. The number of aromatic nitrogens is 4. The quantitative estimate of drug-likeness (QED) is 0.568. The maximum atomic E-state index is 11.6. The summed E-state index contributed by atoms with van der Waals surface area (Å²) in [6, 6.07) is -1.05. The molecule has 1 heterocycles. The number of aliphatic carboxylic acids is 2. The van der Waals surface area contributed by atoms with E-state index in [4.69, 9.17) is 10.2 Å². The first-order valence-corrected chi connectivity index (χ1v) is 5.87. The topological polar surface area (TPSA) is 147 Å². The van der Waals surface area contributed by atoms with Gasteiger partial charge < -0.3 is 15.5 Å². The van der Waals surface area contributed by atoms with E-state index < -0.39 is 29.8 Å². The molecule has 3 N–H and O–H groups in total. The van der Waals surface area contributed by atoms with Crippen molar-refractivity contribution in [2.75, 3.05) is 0 Å². The summed E-state index contributed by atoms with van der Waals surface area (Å²) in [6.07, 6.45) is 0.267. The molecule has 10 nitrogen and oxygen atoms in total. The Hall–Kier alpha value is -2.52. The molecule has 0 aromatic carbocycles. The van der Waals surface area contributed by atoms with Crippen LogP contribution in [0.1, 0.15) is 32.0 Å². The van der Waals surface area contributed by atoms with E-state index in [1.807, 2.05) is 0 Å². The maximum Gasteiger partial charge on any atom is 0.325 e.